The van der Waals surface area contributed by atoms with Gasteiger partial charge in [-0.3, -0.25) is 9.69 Å². The van der Waals surface area contributed by atoms with Crippen LogP contribution in [0.4, 0.5) is 0 Å². The molecule has 0 saturated heterocycles. The first-order chi connectivity index (χ1) is 10.4. The van der Waals surface area contributed by atoms with Gasteiger partial charge in [-0.05, 0) is 17.8 Å². The molecule has 0 saturated carbocycles. The molecule has 1 aromatic carbocycles. The third-order valence-electron chi connectivity index (χ3n) is 4.33. The second-order valence-corrected chi connectivity index (χ2v) is 7.65. The van der Waals surface area contributed by atoms with Crippen LogP contribution in [0.5, 0.6) is 0 Å². The Labute approximate surface area is 133 Å². The lowest BCUT2D eigenvalue weighted by molar-refractivity contribution is -0.145. The lowest BCUT2D eigenvalue weighted by atomic mass is 9.89. The van der Waals surface area contributed by atoms with Crippen molar-refractivity contribution < 1.29 is 9.53 Å². The van der Waals surface area contributed by atoms with Gasteiger partial charge in [-0.2, -0.15) is 0 Å². The average Bonchev–Trinajstić information content (AvgIpc) is 2.77. The molecule has 0 fully saturated rings. The minimum Gasteiger partial charge on any atom is -0.470 e. The molecule has 1 aliphatic heterocycles. The Balaban J connectivity index is 1.97. The van der Waals surface area contributed by atoms with Gasteiger partial charge in [0.05, 0.1) is 5.57 Å². The van der Waals surface area contributed by atoms with Crippen LogP contribution in [0, 0.1) is 11.3 Å². The van der Waals surface area contributed by atoms with Crippen molar-refractivity contribution in [1.29, 1.82) is 0 Å². The van der Waals surface area contributed by atoms with Gasteiger partial charge >= 0.3 is 0 Å². The Morgan fingerprint density at radius 2 is 1.91 bits per heavy atom. The average molecular weight is 299 g/mol. The largest absolute Gasteiger partial charge is 0.470 e. The molecule has 3 nitrogen and oxygen atoms in total. The number of carbonyl (C=O) groups excluding carboxylic acids is 1. The molecule has 1 aliphatic carbocycles. The molecule has 1 aromatic rings. The van der Waals surface area contributed by atoms with Crippen molar-refractivity contribution in [2.45, 2.75) is 46.8 Å². The predicted molar refractivity (Wildman–Crippen MR) is 86.9 cm³/mol. The maximum absolute atomic E-state index is 13.0. The topological polar surface area (TPSA) is 29.5 Å². The summed E-state index contributed by atoms with van der Waals surface area (Å²) in [7, 11) is 0. The standard InChI is InChI=1S/C19H25NO2/c1-13(2)12-20-17(21)15-10-19(3,4)11-16(15)22-18(20)14-8-6-5-7-9-14/h5-9,13,18H,10-12H2,1-4H3. The van der Waals surface area contributed by atoms with Gasteiger partial charge in [0, 0.05) is 18.5 Å². The number of nitrogens with zero attached hydrogens (tertiary/aromatic N) is 1. The zero-order valence-electron chi connectivity index (χ0n) is 13.9. The van der Waals surface area contributed by atoms with Gasteiger partial charge in [0.2, 0.25) is 6.23 Å². The summed E-state index contributed by atoms with van der Waals surface area (Å²) in [5.74, 6) is 1.48. The van der Waals surface area contributed by atoms with Crippen molar-refractivity contribution in [3.05, 3.63) is 47.2 Å². The second kappa shape index (κ2) is 5.45. The van der Waals surface area contributed by atoms with E-state index in [-0.39, 0.29) is 17.6 Å². The second-order valence-electron chi connectivity index (χ2n) is 7.65. The summed E-state index contributed by atoms with van der Waals surface area (Å²) in [6.07, 6.45) is 1.38. The number of rotatable bonds is 3. The summed E-state index contributed by atoms with van der Waals surface area (Å²) in [5.41, 5.74) is 2.06. The van der Waals surface area contributed by atoms with Crippen molar-refractivity contribution in [1.82, 2.24) is 4.90 Å². The third-order valence-corrected chi connectivity index (χ3v) is 4.33. The van der Waals surface area contributed by atoms with Crippen molar-refractivity contribution in [2.24, 2.45) is 11.3 Å². The van der Waals surface area contributed by atoms with Gasteiger partial charge in [0.1, 0.15) is 5.76 Å². The Hall–Kier alpha value is -1.77. The number of amides is 1. The fraction of sp³-hybridized carbons (Fsp3) is 0.526. The summed E-state index contributed by atoms with van der Waals surface area (Å²) >= 11 is 0. The van der Waals surface area contributed by atoms with Crippen molar-refractivity contribution >= 4 is 5.91 Å². The fourth-order valence-electron chi connectivity index (χ4n) is 3.40. The van der Waals surface area contributed by atoms with E-state index in [2.05, 4.69) is 27.7 Å². The molecule has 22 heavy (non-hydrogen) atoms. The van der Waals surface area contributed by atoms with E-state index < -0.39 is 0 Å². The van der Waals surface area contributed by atoms with E-state index in [9.17, 15) is 4.79 Å². The number of hydrogen-bond acceptors (Lipinski definition) is 2. The molecule has 3 heteroatoms. The molecule has 2 aliphatic rings. The first-order valence-corrected chi connectivity index (χ1v) is 8.12. The lowest BCUT2D eigenvalue weighted by Crippen LogP contribution is -2.42. The highest BCUT2D eigenvalue weighted by molar-refractivity contribution is 5.95. The minimum atomic E-state index is -0.288. The van der Waals surface area contributed by atoms with E-state index in [0.29, 0.717) is 5.92 Å². The quantitative estimate of drug-likeness (QED) is 0.834. The Morgan fingerprint density at radius 1 is 1.23 bits per heavy atom. The predicted octanol–water partition coefficient (Wildman–Crippen LogP) is 4.27. The number of benzene rings is 1. The Bertz CT molecular complexity index is 601. The molecule has 1 unspecified atom stereocenters. The van der Waals surface area contributed by atoms with Gasteiger partial charge in [0.15, 0.2) is 0 Å². The van der Waals surface area contributed by atoms with Crippen LogP contribution >= 0.6 is 0 Å². The van der Waals surface area contributed by atoms with E-state index in [0.717, 1.165) is 36.3 Å². The summed E-state index contributed by atoms with van der Waals surface area (Å²) in [6.45, 7) is 9.39. The molecule has 3 rings (SSSR count). The van der Waals surface area contributed by atoms with E-state index in [4.69, 9.17) is 4.74 Å². The molecule has 1 amide bonds. The number of hydrogen-bond donors (Lipinski definition) is 0. The van der Waals surface area contributed by atoms with Crippen LogP contribution in [0.15, 0.2) is 41.7 Å². The van der Waals surface area contributed by atoms with Gasteiger partial charge in [-0.15, -0.1) is 0 Å². The van der Waals surface area contributed by atoms with E-state index in [1.165, 1.54) is 0 Å². The molecule has 0 bridgehead atoms. The highest BCUT2D eigenvalue weighted by Gasteiger charge is 2.43. The maximum atomic E-state index is 13.0. The van der Waals surface area contributed by atoms with Crippen LogP contribution in [-0.2, 0) is 9.53 Å². The maximum Gasteiger partial charge on any atom is 0.256 e. The molecule has 0 N–H and O–H groups in total. The van der Waals surface area contributed by atoms with Crippen LogP contribution in [0.3, 0.4) is 0 Å². The van der Waals surface area contributed by atoms with Crippen LogP contribution < -0.4 is 0 Å². The smallest absolute Gasteiger partial charge is 0.256 e. The SMILES string of the molecule is CC(C)CN1C(=O)C2=C(CC(C)(C)C2)OC1c1ccccc1. The highest BCUT2D eigenvalue weighted by atomic mass is 16.5. The first-order valence-electron chi connectivity index (χ1n) is 8.12. The molecule has 0 aromatic heterocycles. The van der Waals surface area contributed by atoms with Gasteiger partial charge in [-0.1, -0.05) is 58.0 Å². The number of ether oxygens (including phenoxy) is 1. The van der Waals surface area contributed by atoms with Crippen LogP contribution in [0.2, 0.25) is 0 Å². The molecule has 1 atom stereocenters. The Kier molecular flexibility index (Phi) is 3.75. The molecular weight excluding hydrogens is 274 g/mol. The van der Waals surface area contributed by atoms with Crippen molar-refractivity contribution in [3.63, 3.8) is 0 Å². The molecule has 0 spiro atoms. The van der Waals surface area contributed by atoms with Gasteiger partial charge in [-0.25, -0.2) is 0 Å². The fourth-order valence-corrected chi connectivity index (χ4v) is 3.40. The van der Waals surface area contributed by atoms with Gasteiger partial charge in [0.25, 0.3) is 5.91 Å². The van der Waals surface area contributed by atoms with Crippen molar-refractivity contribution in [3.8, 4) is 0 Å². The van der Waals surface area contributed by atoms with E-state index in [1.807, 2.05) is 35.2 Å². The molecule has 0 radical (unpaired) electrons. The molecule has 1 heterocycles. The number of allylic oxidation sites excluding steroid dienone is 1. The van der Waals surface area contributed by atoms with Crippen LogP contribution in [-0.4, -0.2) is 17.4 Å². The van der Waals surface area contributed by atoms with Crippen molar-refractivity contribution in [2.75, 3.05) is 6.54 Å². The monoisotopic (exact) mass is 299 g/mol. The summed E-state index contributed by atoms with van der Waals surface area (Å²) in [4.78, 5) is 14.9. The minimum absolute atomic E-state index is 0.120. The summed E-state index contributed by atoms with van der Waals surface area (Å²) in [5, 5.41) is 0. The number of carbonyl (C=O) groups is 1. The summed E-state index contributed by atoms with van der Waals surface area (Å²) < 4.78 is 6.30. The van der Waals surface area contributed by atoms with Crippen LogP contribution in [0.1, 0.15) is 52.3 Å². The lowest BCUT2D eigenvalue weighted by Gasteiger charge is -2.37. The highest BCUT2D eigenvalue weighted by Crippen LogP contribution is 2.47. The first kappa shape index (κ1) is 15.1. The summed E-state index contributed by atoms with van der Waals surface area (Å²) in [6, 6.07) is 10.1. The van der Waals surface area contributed by atoms with Gasteiger partial charge < -0.3 is 4.74 Å². The zero-order valence-corrected chi connectivity index (χ0v) is 13.9. The third kappa shape index (κ3) is 2.77. The van der Waals surface area contributed by atoms with Crippen LogP contribution in [0.25, 0.3) is 0 Å². The Morgan fingerprint density at radius 3 is 2.55 bits per heavy atom. The zero-order chi connectivity index (χ0) is 15.9. The molecule has 118 valence electrons. The normalized spacial score (nSPS) is 23.8. The molecular formula is C19H25NO2. The van der Waals surface area contributed by atoms with E-state index in [1.54, 1.807) is 0 Å². The van der Waals surface area contributed by atoms with E-state index >= 15 is 0 Å².